The fourth-order valence-corrected chi connectivity index (χ4v) is 4.32. The van der Waals surface area contributed by atoms with Crippen LogP contribution in [0.2, 0.25) is 19.6 Å². The monoisotopic (exact) mass is 258 g/mol. The summed E-state index contributed by atoms with van der Waals surface area (Å²) in [6.45, 7) is 9.60. The Bertz CT molecular complexity index is 516. The van der Waals surface area contributed by atoms with Crippen LogP contribution in [0.4, 0.5) is 5.69 Å². The summed E-state index contributed by atoms with van der Waals surface area (Å²) in [6, 6.07) is 7.13. The van der Waals surface area contributed by atoms with Crippen molar-refractivity contribution in [1.82, 2.24) is 4.90 Å². The van der Waals surface area contributed by atoms with Crippen LogP contribution in [0.1, 0.15) is 18.4 Å². The standard InChI is InChI=1S/C15H22N2Si/c1-11-13-10-12(18(3,4)5)6-7-14(13)17-9-8-16(2)15(11)17/h6-11,15H,1-5H3. The van der Waals surface area contributed by atoms with E-state index in [0.29, 0.717) is 12.1 Å². The Morgan fingerprint density at radius 1 is 1.11 bits per heavy atom. The number of likely N-dealkylation sites (N-methyl/N-ethyl adjacent to an activating group) is 1. The fourth-order valence-electron chi connectivity index (χ4n) is 3.15. The van der Waals surface area contributed by atoms with Crippen LogP contribution in [0.3, 0.4) is 0 Å². The van der Waals surface area contributed by atoms with Gasteiger partial charge in [-0.25, -0.2) is 0 Å². The summed E-state index contributed by atoms with van der Waals surface area (Å²) in [7, 11) is 0.961. The lowest BCUT2D eigenvalue weighted by Crippen LogP contribution is -2.37. The lowest BCUT2D eigenvalue weighted by Gasteiger charge is -2.26. The average Bonchev–Trinajstić information content (AvgIpc) is 2.79. The third-order valence-electron chi connectivity index (χ3n) is 4.27. The predicted octanol–water partition coefficient (Wildman–Crippen LogP) is 2.90. The maximum atomic E-state index is 2.46. The van der Waals surface area contributed by atoms with Crippen molar-refractivity contribution in [3.05, 3.63) is 36.2 Å². The Morgan fingerprint density at radius 2 is 1.83 bits per heavy atom. The molecule has 0 saturated heterocycles. The van der Waals surface area contributed by atoms with Crippen molar-refractivity contribution in [3.63, 3.8) is 0 Å². The second kappa shape index (κ2) is 3.64. The molecular weight excluding hydrogens is 236 g/mol. The largest absolute Gasteiger partial charge is 0.358 e. The predicted molar refractivity (Wildman–Crippen MR) is 81.0 cm³/mol. The van der Waals surface area contributed by atoms with E-state index in [2.05, 4.69) is 74.0 Å². The third kappa shape index (κ3) is 1.53. The summed E-state index contributed by atoms with van der Waals surface area (Å²) < 4.78 is 0. The minimum atomic E-state index is -1.21. The molecule has 2 nitrogen and oxygen atoms in total. The highest BCUT2D eigenvalue weighted by molar-refractivity contribution is 6.88. The number of fused-ring (bicyclic) bond motifs is 3. The van der Waals surface area contributed by atoms with Crippen molar-refractivity contribution in [2.24, 2.45) is 0 Å². The van der Waals surface area contributed by atoms with Crippen LogP contribution >= 0.6 is 0 Å². The fraction of sp³-hybridized carbons (Fsp3) is 0.467. The molecule has 1 aromatic rings. The molecule has 2 heterocycles. The van der Waals surface area contributed by atoms with Gasteiger partial charge in [-0.1, -0.05) is 43.9 Å². The molecular formula is C15H22N2Si. The van der Waals surface area contributed by atoms with Gasteiger partial charge in [-0.05, 0) is 11.6 Å². The minimum Gasteiger partial charge on any atom is -0.358 e. The molecule has 0 aromatic heterocycles. The second-order valence-corrected chi connectivity index (χ2v) is 11.7. The van der Waals surface area contributed by atoms with E-state index < -0.39 is 8.07 Å². The van der Waals surface area contributed by atoms with Gasteiger partial charge in [0, 0.05) is 31.1 Å². The first-order chi connectivity index (χ1) is 8.39. The Kier molecular flexibility index (Phi) is 2.39. The number of hydrogen-bond donors (Lipinski definition) is 0. The highest BCUT2D eigenvalue weighted by Gasteiger charge is 2.39. The van der Waals surface area contributed by atoms with E-state index in [1.807, 2.05) is 0 Å². The molecule has 3 rings (SSSR count). The molecule has 2 aliphatic rings. The lowest BCUT2D eigenvalue weighted by atomic mass is 10.0. The van der Waals surface area contributed by atoms with Crippen molar-refractivity contribution in [1.29, 1.82) is 0 Å². The molecule has 0 bridgehead atoms. The van der Waals surface area contributed by atoms with E-state index in [4.69, 9.17) is 0 Å². The van der Waals surface area contributed by atoms with Gasteiger partial charge in [-0.3, -0.25) is 0 Å². The van der Waals surface area contributed by atoms with Crippen LogP contribution in [0, 0.1) is 0 Å². The first-order valence-corrected chi connectivity index (χ1v) is 10.2. The van der Waals surface area contributed by atoms with Crippen molar-refractivity contribution in [2.45, 2.75) is 38.6 Å². The number of nitrogens with zero attached hydrogens (tertiary/aromatic N) is 2. The highest BCUT2D eigenvalue weighted by atomic mass is 28.3. The first kappa shape index (κ1) is 11.8. The zero-order chi connectivity index (χ0) is 13.1. The first-order valence-electron chi connectivity index (χ1n) is 6.72. The highest BCUT2D eigenvalue weighted by Crippen LogP contribution is 2.43. The normalized spacial score (nSPS) is 25.6. The van der Waals surface area contributed by atoms with E-state index >= 15 is 0 Å². The summed E-state index contributed by atoms with van der Waals surface area (Å²) in [4.78, 5) is 4.73. The molecule has 1 aromatic carbocycles. The average molecular weight is 258 g/mol. The smallest absolute Gasteiger partial charge is 0.112 e. The quantitative estimate of drug-likeness (QED) is 0.715. The topological polar surface area (TPSA) is 6.48 Å². The van der Waals surface area contributed by atoms with Gasteiger partial charge in [0.15, 0.2) is 0 Å². The van der Waals surface area contributed by atoms with E-state index in [-0.39, 0.29) is 0 Å². The van der Waals surface area contributed by atoms with Crippen molar-refractivity contribution >= 4 is 18.9 Å². The van der Waals surface area contributed by atoms with Gasteiger partial charge in [0.05, 0.1) is 8.07 Å². The molecule has 2 unspecified atom stereocenters. The molecule has 0 radical (unpaired) electrons. The van der Waals surface area contributed by atoms with Crippen LogP contribution < -0.4 is 10.1 Å². The number of anilines is 1. The SMILES string of the molecule is CC1c2cc([Si](C)(C)C)ccc2N2C=CN(C)C12. The summed E-state index contributed by atoms with van der Waals surface area (Å²) in [6.07, 6.45) is 4.87. The zero-order valence-electron chi connectivity index (χ0n) is 11.9. The molecule has 0 fully saturated rings. The Morgan fingerprint density at radius 3 is 2.50 bits per heavy atom. The molecule has 96 valence electrons. The number of rotatable bonds is 1. The molecule has 2 atom stereocenters. The molecule has 3 heteroatoms. The lowest BCUT2D eigenvalue weighted by molar-refractivity contribution is 0.333. The van der Waals surface area contributed by atoms with Crippen LogP contribution in [-0.4, -0.2) is 26.2 Å². The molecule has 0 aliphatic carbocycles. The van der Waals surface area contributed by atoms with E-state index in [0.717, 1.165) is 0 Å². The van der Waals surface area contributed by atoms with Gasteiger partial charge in [0.1, 0.15) is 6.17 Å². The second-order valence-electron chi connectivity index (χ2n) is 6.60. The van der Waals surface area contributed by atoms with Gasteiger partial charge in [0.25, 0.3) is 0 Å². The zero-order valence-corrected chi connectivity index (χ0v) is 12.9. The van der Waals surface area contributed by atoms with Gasteiger partial charge >= 0.3 is 0 Å². The van der Waals surface area contributed by atoms with E-state index in [1.54, 1.807) is 5.19 Å². The maximum Gasteiger partial charge on any atom is 0.112 e. The van der Waals surface area contributed by atoms with Gasteiger partial charge in [-0.15, -0.1) is 0 Å². The molecule has 0 spiro atoms. The van der Waals surface area contributed by atoms with Gasteiger partial charge in [-0.2, -0.15) is 0 Å². The number of hydrogen-bond acceptors (Lipinski definition) is 2. The Hall–Kier alpha value is -1.22. The van der Waals surface area contributed by atoms with Crippen molar-refractivity contribution < 1.29 is 0 Å². The van der Waals surface area contributed by atoms with E-state index in [1.165, 1.54) is 11.3 Å². The number of benzene rings is 1. The summed E-state index contributed by atoms with van der Waals surface area (Å²) in [5.74, 6) is 0.580. The van der Waals surface area contributed by atoms with Gasteiger partial charge in [0.2, 0.25) is 0 Å². The van der Waals surface area contributed by atoms with E-state index in [9.17, 15) is 0 Å². The maximum absolute atomic E-state index is 2.46. The van der Waals surface area contributed by atoms with Gasteiger partial charge < -0.3 is 9.80 Å². The molecule has 0 amide bonds. The third-order valence-corrected chi connectivity index (χ3v) is 6.32. The van der Waals surface area contributed by atoms with Crippen LogP contribution in [-0.2, 0) is 0 Å². The molecule has 18 heavy (non-hydrogen) atoms. The summed E-state index contributed by atoms with van der Waals surface area (Å²) in [5.41, 5.74) is 2.92. The van der Waals surface area contributed by atoms with Crippen LogP contribution in [0.25, 0.3) is 0 Å². The minimum absolute atomic E-state index is 0.483. The molecule has 0 N–H and O–H groups in total. The van der Waals surface area contributed by atoms with Crippen molar-refractivity contribution in [3.8, 4) is 0 Å². The summed E-state index contributed by atoms with van der Waals surface area (Å²) in [5, 5.41) is 1.57. The van der Waals surface area contributed by atoms with Crippen LogP contribution in [0.5, 0.6) is 0 Å². The Labute approximate surface area is 111 Å². The van der Waals surface area contributed by atoms with Crippen LogP contribution in [0.15, 0.2) is 30.6 Å². The molecule has 2 aliphatic heterocycles. The Balaban J connectivity index is 2.08. The molecule has 0 saturated carbocycles. The van der Waals surface area contributed by atoms with Crippen molar-refractivity contribution in [2.75, 3.05) is 11.9 Å². The summed E-state index contributed by atoms with van der Waals surface area (Å²) >= 11 is 0.